The highest BCUT2D eigenvalue weighted by atomic mass is 31.2. The topological polar surface area (TPSA) is 193 Å². The normalized spacial score (nSPS) is 19.6. The van der Waals surface area contributed by atoms with Gasteiger partial charge < -0.3 is 48.1 Å². The predicted molar refractivity (Wildman–Crippen MR) is 273 cm³/mol. The number of nitrogens with zero attached hydrogens (tertiary/aromatic N) is 6. The number of hydrogen-bond donors (Lipinski definition) is 2. The fourth-order valence-electron chi connectivity index (χ4n) is 9.21. The number of hydrogen-bond acceptors (Lipinski definition) is 16. The van der Waals surface area contributed by atoms with Crippen LogP contribution in [0.25, 0.3) is 11.2 Å². The van der Waals surface area contributed by atoms with Crippen LogP contribution < -0.4 is 25.8 Å². The Labute approximate surface area is 421 Å². The SMILES string of the molecule is COc1ccc(C(OC[C@H]2O[C@@H](n3cc(C)c(Nc4ccccc4)nc3=O)C[C@H]2OP(=O)(CO[C@@H]2CC[C@H](n3cnc4c(Nc5ccccc5)ncnc43)O2)OC)(c2ccccc2)c2ccc(OC)cc2)cc1. The van der Waals surface area contributed by atoms with Gasteiger partial charge in [0.15, 0.2) is 29.6 Å². The molecule has 10 rings (SSSR count). The van der Waals surface area contributed by atoms with Gasteiger partial charge in [-0.3, -0.25) is 13.7 Å². The van der Waals surface area contributed by atoms with Gasteiger partial charge in [-0.05, 0) is 78.6 Å². The molecule has 5 heterocycles. The number of para-hydroxylation sites is 2. The van der Waals surface area contributed by atoms with Crippen LogP contribution in [0.5, 0.6) is 11.5 Å². The third-order valence-electron chi connectivity index (χ3n) is 13.0. The van der Waals surface area contributed by atoms with E-state index >= 15 is 0 Å². The van der Waals surface area contributed by atoms with Crippen LogP contribution in [-0.4, -0.2) is 81.9 Å². The van der Waals surface area contributed by atoms with E-state index in [9.17, 15) is 9.36 Å². The molecule has 2 N–H and O–H groups in total. The molecule has 2 fully saturated rings. The third-order valence-corrected chi connectivity index (χ3v) is 14.6. The van der Waals surface area contributed by atoms with Crippen molar-refractivity contribution in [2.24, 2.45) is 0 Å². The first kappa shape index (κ1) is 49.3. The number of imidazole rings is 1. The lowest BCUT2D eigenvalue weighted by molar-refractivity contribution is -0.141. The fourth-order valence-corrected chi connectivity index (χ4v) is 10.4. The number of aromatic nitrogens is 6. The minimum absolute atomic E-state index is 0.0793. The van der Waals surface area contributed by atoms with Crippen molar-refractivity contribution >= 4 is 41.8 Å². The van der Waals surface area contributed by atoms with Gasteiger partial charge in [-0.2, -0.15) is 4.98 Å². The van der Waals surface area contributed by atoms with E-state index in [-0.39, 0.29) is 13.0 Å². The van der Waals surface area contributed by atoms with Gasteiger partial charge in [0.2, 0.25) is 0 Å². The summed E-state index contributed by atoms with van der Waals surface area (Å²) in [6.07, 6.45) is 1.50. The van der Waals surface area contributed by atoms with Crippen molar-refractivity contribution in [1.82, 2.24) is 29.1 Å². The van der Waals surface area contributed by atoms with Crippen LogP contribution >= 0.6 is 7.60 Å². The van der Waals surface area contributed by atoms with Gasteiger partial charge in [-0.15, -0.1) is 0 Å². The second kappa shape index (κ2) is 21.8. The second-order valence-corrected chi connectivity index (χ2v) is 19.6. The number of nitrogens with one attached hydrogen (secondary N) is 2. The summed E-state index contributed by atoms with van der Waals surface area (Å²) in [7, 11) is 0.471. The molecule has 6 atom stereocenters. The molecule has 19 heteroatoms. The van der Waals surface area contributed by atoms with E-state index in [0.717, 1.165) is 28.1 Å². The van der Waals surface area contributed by atoms with Gasteiger partial charge in [-0.1, -0.05) is 91.0 Å². The average molecular weight is 1010 g/mol. The minimum Gasteiger partial charge on any atom is -0.497 e. The van der Waals surface area contributed by atoms with Gasteiger partial charge in [-0.25, -0.2) is 19.7 Å². The van der Waals surface area contributed by atoms with Crippen molar-refractivity contribution in [3.8, 4) is 11.5 Å². The standard InChI is InChI=1S/C54H55N8O10P/c1-36-31-61(53(63)60-50(36)58-40-16-10-6-11-17-40)47-30-44(45(70-47)32-69-54(37-14-8-5-9-15-37,38-20-24-42(65-2)25-21-38)39-22-26-43(66-3)27-23-39)72-73(64,67-4)35-68-48-29-28-46(71-48)62-34-57-49-51(55-33-56-52(49)62)59-41-18-12-7-13-19-41/h5-27,31,33-34,44-48H,28-30,32,35H2,1-4H3,(H,55,56,59)(H,58,60,63)/t44-,45-,46-,47-,48+,73?/m1/s1. The molecule has 0 spiro atoms. The first-order valence-corrected chi connectivity index (χ1v) is 25.5. The summed E-state index contributed by atoms with van der Waals surface area (Å²) >= 11 is 0. The summed E-state index contributed by atoms with van der Waals surface area (Å²) < 4.78 is 68.0. The number of aryl methyl sites for hydroxylation is 1. The van der Waals surface area contributed by atoms with Crippen LogP contribution in [0.2, 0.25) is 0 Å². The smallest absolute Gasteiger partial charge is 0.356 e. The van der Waals surface area contributed by atoms with Crippen LogP contribution in [0.4, 0.5) is 23.0 Å². The Bertz CT molecular complexity index is 3180. The van der Waals surface area contributed by atoms with Crippen molar-refractivity contribution in [3.05, 3.63) is 191 Å². The van der Waals surface area contributed by atoms with Gasteiger partial charge in [0.25, 0.3) is 0 Å². The summed E-state index contributed by atoms with van der Waals surface area (Å²) in [5.41, 5.74) is 4.10. The molecule has 2 aliphatic heterocycles. The molecule has 376 valence electrons. The van der Waals surface area contributed by atoms with E-state index in [1.54, 1.807) is 26.7 Å². The fraction of sp³-hybridized carbons (Fsp3) is 0.278. The Kier molecular flexibility index (Phi) is 14.7. The van der Waals surface area contributed by atoms with Crippen LogP contribution in [-0.2, 0) is 38.2 Å². The summed E-state index contributed by atoms with van der Waals surface area (Å²) in [4.78, 5) is 31.9. The molecule has 0 saturated carbocycles. The number of benzene rings is 5. The molecule has 1 unspecified atom stereocenters. The zero-order valence-electron chi connectivity index (χ0n) is 40.6. The van der Waals surface area contributed by atoms with E-state index in [4.69, 9.17) is 37.5 Å². The Morgan fingerprint density at radius 3 is 1.92 bits per heavy atom. The van der Waals surface area contributed by atoms with E-state index < -0.39 is 56.2 Å². The van der Waals surface area contributed by atoms with Crippen molar-refractivity contribution in [3.63, 3.8) is 0 Å². The highest BCUT2D eigenvalue weighted by Gasteiger charge is 2.46. The Balaban J connectivity index is 0.922. The van der Waals surface area contributed by atoms with Crippen LogP contribution in [0, 0.1) is 6.92 Å². The van der Waals surface area contributed by atoms with Crippen molar-refractivity contribution in [1.29, 1.82) is 0 Å². The molecule has 0 amide bonds. The summed E-state index contributed by atoms with van der Waals surface area (Å²) in [5.74, 6) is 2.30. The number of fused-ring (bicyclic) bond motifs is 1. The monoisotopic (exact) mass is 1010 g/mol. The summed E-state index contributed by atoms with van der Waals surface area (Å²) in [6, 6.07) is 44.3. The molecular weight excluding hydrogens is 952 g/mol. The van der Waals surface area contributed by atoms with Crippen molar-refractivity contribution < 1.29 is 42.0 Å². The molecule has 5 aromatic carbocycles. The second-order valence-electron chi connectivity index (χ2n) is 17.5. The summed E-state index contributed by atoms with van der Waals surface area (Å²) in [5, 5.41) is 6.54. The Morgan fingerprint density at radius 2 is 1.30 bits per heavy atom. The zero-order valence-corrected chi connectivity index (χ0v) is 41.5. The predicted octanol–water partition coefficient (Wildman–Crippen LogP) is 10.0. The van der Waals surface area contributed by atoms with E-state index in [0.29, 0.717) is 52.7 Å². The van der Waals surface area contributed by atoms with Crippen molar-refractivity contribution in [2.45, 2.75) is 62.7 Å². The highest BCUT2D eigenvalue weighted by Crippen LogP contribution is 2.53. The first-order chi connectivity index (χ1) is 35.6. The molecule has 0 radical (unpaired) electrons. The molecule has 2 saturated heterocycles. The maximum absolute atomic E-state index is 14.8. The molecule has 0 bridgehead atoms. The highest BCUT2D eigenvalue weighted by molar-refractivity contribution is 7.53. The van der Waals surface area contributed by atoms with Crippen LogP contribution in [0.1, 0.15) is 54.0 Å². The number of methoxy groups -OCH3 is 2. The molecule has 3 aromatic heterocycles. The maximum atomic E-state index is 14.8. The van der Waals surface area contributed by atoms with Crippen molar-refractivity contribution in [2.75, 3.05) is 44.9 Å². The number of rotatable bonds is 20. The zero-order chi connectivity index (χ0) is 50.4. The third kappa shape index (κ3) is 10.6. The number of anilines is 4. The van der Waals surface area contributed by atoms with E-state index in [2.05, 4.69) is 30.6 Å². The van der Waals surface area contributed by atoms with E-state index in [1.165, 1.54) is 18.0 Å². The largest absolute Gasteiger partial charge is 0.497 e. The van der Waals surface area contributed by atoms with Gasteiger partial charge in [0.1, 0.15) is 53.9 Å². The van der Waals surface area contributed by atoms with Gasteiger partial charge in [0, 0.05) is 43.1 Å². The first-order valence-electron chi connectivity index (χ1n) is 23.8. The van der Waals surface area contributed by atoms with Gasteiger partial charge in [0.05, 0.1) is 27.2 Å². The Hall–Kier alpha value is -7.28. The molecule has 18 nitrogen and oxygen atoms in total. The Morgan fingerprint density at radius 1 is 0.699 bits per heavy atom. The molecule has 0 aliphatic carbocycles. The lowest BCUT2D eigenvalue weighted by atomic mass is 9.80. The quantitative estimate of drug-likeness (QED) is 0.0541. The maximum Gasteiger partial charge on any atom is 0.356 e. The van der Waals surface area contributed by atoms with Gasteiger partial charge >= 0.3 is 13.3 Å². The molecular formula is C54H55N8O10P. The minimum atomic E-state index is -4.07. The lowest BCUT2D eigenvalue weighted by Crippen LogP contribution is -2.38. The molecule has 8 aromatic rings. The average Bonchev–Trinajstić information content (AvgIpc) is 4.20. The molecule has 73 heavy (non-hydrogen) atoms. The van der Waals surface area contributed by atoms with Crippen LogP contribution in [0.15, 0.2) is 163 Å². The van der Waals surface area contributed by atoms with Crippen LogP contribution in [0.3, 0.4) is 0 Å². The lowest BCUT2D eigenvalue weighted by Gasteiger charge is -2.37. The van der Waals surface area contributed by atoms with E-state index in [1.807, 2.05) is 151 Å². The number of ether oxygens (including phenoxy) is 6. The summed E-state index contributed by atoms with van der Waals surface area (Å²) in [6.45, 7) is 1.75. The molecule has 2 aliphatic rings.